The number of amides is 2. The van der Waals surface area contributed by atoms with E-state index in [4.69, 9.17) is 34.8 Å². The van der Waals surface area contributed by atoms with Crippen molar-refractivity contribution in [3.05, 3.63) is 86.9 Å². The third-order valence-electron chi connectivity index (χ3n) is 4.18. The van der Waals surface area contributed by atoms with Crippen LogP contribution in [0.4, 0.5) is 11.4 Å². The maximum atomic E-state index is 12.5. The summed E-state index contributed by atoms with van der Waals surface area (Å²) in [7, 11) is 0. The van der Waals surface area contributed by atoms with Crippen LogP contribution < -0.4 is 10.6 Å². The van der Waals surface area contributed by atoms with Crippen LogP contribution in [0.1, 0.15) is 15.9 Å². The number of carbonyl (C=O) groups is 2. The lowest BCUT2D eigenvalue weighted by Gasteiger charge is -2.10. The van der Waals surface area contributed by atoms with Crippen LogP contribution in [0.2, 0.25) is 15.1 Å². The summed E-state index contributed by atoms with van der Waals surface area (Å²) in [4.78, 5) is 25.6. The van der Waals surface area contributed by atoms with Gasteiger partial charge in [-0.05, 0) is 61.0 Å². The van der Waals surface area contributed by atoms with Crippen LogP contribution in [-0.4, -0.2) is 17.6 Å². The molecule has 0 fully saturated rings. The van der Waals surface area contributed by atoms with Crippen molar-refractivity contribution in [3.63, 3.8) is 0 Å². The molecule has 0 radical (unpaired) electrons. The minimum atomic E-state index is -0.340. The first-order chi connectivity index (χ1) is 14.3. The first-order valence-electron chi connectivity index (χ1n) is 8.87. The second-order valence-electron chi connectivity index (χ2n) is 6.36. The van der Waals surface area contributed by atoms with Crippen LogP contribution in [-0.2, 0) is 4.79 Å². The minimum Gasteiger partial charge on any atom is -0.325 e. The van der Waals surface area contributed by atoms with E-state index in [2.05, 4.69) is 10.6 Å². The minimum absolute atomic E-state index is 0.146. The van der Waals surface area contributed by atoms with E-state index in [1.165, 1.54) is 17.8 Å². The molecule has 3 aromatic carbocycles. The van der Waals surface area contributed by atoms with Crippen molar-refractivity contribution in [2.45, 2.75) is 11.8 Å². The van der Waals surface area contributed by atoms with Gasteiger partial charge >= 0.3 is 0 Å². The third kappa shape index (κ3) is 5.92. The van der Waals surface area contributed by atoms with Crippen molar-refractivity contribution < 1.29 is 9.59 Å². The van der Waals surface area contributed by atoms with Gasteiger partial charge in [-0.25, -0.2) is 0 Å². The monoisotopic (exact) mass is 478 g/mol. The topological polar surface area (TPSA) is 58.2 Å². The lowest BCUT2D eigenvalue weighted by atomic mass is 10.2. The number of nitrogens with one attached hydrogen (secondary N) is 2. The number of benzene rings is 3. The molecular formula is C22H17Cl3N2O2S. The Kier molecular flexibility index (Phi) is 7.67. The Labute approximate surface area is 193 Å². The molecule has 0 atom stereocenters. The lowest BCUT2D eigenvalue weighted by Crippen LogP contribution is -2.15. The van der Waals surface area contributed by atoms with Crippen molar-refractivity contribution in [1.29, 1.82) is 0 Å². The summed E-state index contributed by atoms with van der Waals surface area (Å²) in [6.45, 7) is 1.85. The zero-order valence-corrected chi connectivity index (χ0v) is 18.9. The Hall–Kier alpha value is -2.18. The molecule has 0 aliphatic rings. The highest BCUT2D eigenvalue weighted by molar-refractivity contribution is 8.00. The van der Waals surface area contributed by atoms with Crippen LogP contribution in [0.15, 0.2) is 65.6 Å². The Morgan fingerprint density at radius 1 is 0.900 bits per heavy atom. The van der Waals surface area contributed by atoms with Gasteiger partial charge < -0.3 is 10.6 Å². The first-order valence-corrected chi connectivity index (χ1v) is 11.0. The molecule has 3 rings (SSSR count). The molecule has 154 valence electrons. The zero-order chi connectivity index (χ0) is 21.7. The summed E-state index contributed by atoms with van der Waals surface area (Å²) in [5, 5.41) is 7.00. The van der Waals surface area contributed by atoms with Crippen molar-refractivity contribution in [3.8, 4) is 0 Å². The SMILES string of the molecule is Cc1c(Cl)cccc1NC(=O)CSc1cccc(NC(=O)c2ccc(Cl)cc2Cl)c1. The Balaban J connectivity index is 1.60. The van der Waals surface area contributed by atoms with Crippen molar-refractivity contribution in [1.82, 2.24) is 0 Å². The molecule has 0 aromatic heterocycles. The molecule has 8 heteroatoms. The summed E-state index contributed by atoms with van der Waals surface area (Å²) in [6.07, 6.45) is 0. The summed E-state index contributed by atoms with van der Waals surface area (Å²) >= 11 is 19.4. The smallest absolute Gasteiger partial charge is 0.257 e. The Bertz CT molecular complexity index is 1110. The van der Waals surface area contributed by atoms with Crippen LogP contribution in [0.5, 0.6) is 0 Å². The van der Waals surface area contributed by atoms with E-state index in [-0.39, 0.29) is 22.6 Å². The number of thioether (sulfide) groups is 1. The summed E-state index contributed by atoms with van der Waals surface area (Å²) in [5.41, 5.74) is 2.44. The molecular weight excluding hydrogens is 463 g/mol. The van der Waals surface area contributed by atoms with Crippen LogP contribution >= 0.6 is 46.6 Å². The van der Waals surface area contributed by atoms with Gasteiger partial charge in [0.1, 0.15) is 0 Å². The summed E-state index contributed by atoms with van der Waals surface area (Å²) in [6, 6.07) is 17.3. The lowest BCUT2D eigenvalue weighted by molar-refractivity contribution is -0.113. The normalized spacial score (nSPS) is 10.5. The quantitative estimate of drug-likeness (QED) is 0.377. The molecule has 3 aromatic rings. The van der Waals surface area contributed by atoms with Gasteiger partial charge in [-0.1, -0.05) is 46.9 Å². The zero-order valence-electron chi connectivity index (χ0n) is 15.8. The highest BCUT2D eigenvalue weighted by Gasteiger charge is 2.12. The van der Waals surface area contributed by atoms with Gasteiger partial charge in [-0.15, -0.1) is 11.8 Å². The molecule has 0 saturated heterocycles. The van der Waals surface area contributed by atoms with E-state index in [0.717, 1.165) is 10.5 Å². The average molecular weight is 480 g/mol. The van der Waals surface area contributed by atoms with Crippen LogP contribution in [0.25, 0.3) is 0 Å². The van der Waals surface area contributed by atoms with Crippen molar-refractivity contribution in [2.24, 2.45) is 0 Å². The van der Waals surface area contributed by atoms with Crippen molar-refractivity contribution in [2.75, 3.05) is 16.4 Å². The highest BCUT2D eigenvalue weighted by atomic mass is 35.5. The molecule has 4 nitrogen and oxygen atoms in total. The van der Waals surface area contributed by atoms with E-state index < -0.39 is 0 Å². The summed E-state index contributed by atoms with van der Waals surface area (Å²) < 4.78 is 0. The third-order valence-corrected chi connectivity index (χ3v) is 6.13. The maximum absolute atomic E-state index is 12.5. The molecule has 0 unspecified atom stereocenters. The number of anilines is 2. The first kappa shape index (κ1) is 22.5. The predicted molar refractivity (Wildman–Crippen MR) is 126 cm³/mol. The molecule has 0 aliphatic heterocycles. The predicted octanol–water partition coefficient (Wildman–Crippen LogP) is 6.94. The molecule has 2 amide bonds. The van der Waals surface area contributed by atoms with Gasteiger partial charge in [0.15, 0.2) is 0 Å². The number of hydrogen-bond donors (Lipinski definition) is 2. The number of hydrogen-bond acceptors (Lipinski definition) is 3. The molecule has 0 bridgehead atoms. The van der Waals surface area contributed by atoms with Gasteiger partial charge in [-0.3, -0.25) is 9.59 Å². The van der Waals surface area contributed by atoms with E-state index in [1.54, 1.807) is 42.5 Å². The van der Waals surface area contributed by atoms with Gasteiger partial charge in [0.25, 0.3) is 5.91 Å². The van der Waals surface area contributed by atoms with E-state index >= 15 is 0 Å². The number of rotatable bonds is 6. The molecule has 0 aliphatic carbocycles. The molecule has 0 saturated carbocycles. The Morgan fingerprint density at radius 3 is 2.43 bits per heavy atom. The van der Waals surface area contributed by atoms with E-state index in [9.17, 15) is 9.59 Å². The maximum Gasteiger partial charge on any atom is 0.257 e. The fourth-order valence-corrected chi connectivity index (χ4v) is 4.04. The van der Waals surface area contributed by atoms with E-state index in [0.29, 0.717) is 27.0 Å². The highest BCUT2D eigenvalue weighted by Crippen LogP contribution is 2.26. The number of carbonyl (C=O) groups excluding carboxylic acids is 2. The van der Waals surface area contributed by atoms with Gasteiger partial charge in [-0.2, -0.15) is 0 Å². The molecule has 30 heavy (non-hydrogen) atoms. The van der Waals surface area contributed by atoms with Crippen LogP contribution in [0, 0.1) is 6.92 Å². The molecule has 0 heterocycles. The van der Waals surface area contributed by atoms with Gasteiger partial charge in [0.2, 0.25) is 5.91 Å². The fourth-order valence-electron chi connectivity index (χ4n) is 2.61. The Morgan fingerprint density at radius 2 is 1.67 bits per heavy atom. The fraction of sp³-hybridized carbons (Fsp3) is 0.0909. The molecule has 2 N–H and O–H groups in total. The largest absolute Gasteiger partial charge is 0.325 e. The standard InChI is InChI=1S/C22H17Cl3N2O2S/c1-13-18(24)6-3-7-20(13)27-21(28)12-30-16-5-2-4-15(11-16)26-22(29)17-9-8-14(23)10-19(17)25/h2-11H,12H2,1H3,(H,26,29)(H,27,28). The van der Waals surface area contributed by atoms with Crippen molar-refractivity contribution >= 4 is 69.8 Å². The number of halogens is 3. The van der Waals surface area contributed by atoms with E-state index in [1.807, 2.05) is 19.1 Å². The average Bonchev–Trinajstić information content (AvgIpc) is 2.70. The van der Waals surface area contributed by atoms with Gasteiger partial charge in [0.05, 0.1) is 16.3 Å². The second-order valence-corrected chi connectivity index (χ2v) is 8.65. The van der Waals surface area contributed by atoms with Gasteiger partial charge in [0, 0.05) is 26.3 Å². The summed E-state index contributed by atoms with van der Waals surface area (Å²) in [5.74, 6) is -0.271. The second kappa shape index (κ2) is 10.2. The van der Waals surface area contributed by atoms with Crippen LogP contribution in [0.3, 0.4) is 0 Å². The molecule has 0 spiro atoms.